The van der Waals surface area contributed by atoms with E-state index in [9.17, 15) is 14.3 Å². The molecule has 0 aliphatic carbocycles. The Morgan fingerprint density at radius 2 is 1.88 bits per heavy atom. The second-order valence-electron chi connectivity index (χ2n) is 5.05. The van der Waals surface area contributed by atoms with Crippen LogP contribution >= 0.6 is 0 Å². The van der Waals surface area contributed by atoms with Crippen molar-refractivity contribution in [2.24, 2.45) is 0 Å². The number of rotatable bonds is 2. The second kappa shape index (κ2) is 5.31. The first-order chi connectivity index (χ1) is 11.6. The predicted octanol–water partition coefficient (Wildman–Crippen LogP) is 3.35. The van der Waals surface area contributed by atoms with Crippen LogP contribution in [0.3, 0.4) is 0 Å². The Kier molecular flexibility index (Phi) is 3.13. The predicted molar refractivity (Wildman–Crippen MR) is 82.8 cm³/mol. The van der Waals surface area contributed by atoms with Gasteiger partial charge in [0.25, 0.3) is 5.89 Å². The summed E-state index contributed by atoms with van der Waals surface area (Å²) in [5.74, 6) is -0.709. The van der Waals surface area contributed by atoms with Crippen LogP contribution in [0, 0.1) is 5.82 Å². The lowest BCUT2D eigenvalue weighted by Gasteiger charge is -2.00. The fourth-order valence-electron chi connectivity index (χ4n) is 2.36. The lowest BCUT2D eigenvalue weighted by Crippen LogP contribution is -2.02. The van der Waals surface area contributed by atoms with Gasteiger partial charge in [-0.1, -0.05) is 29.4 Å². The molecule has 4 aromatic rings. The third-order valence-corrected chi connectivity index (χ3v) is 3.51. The quantitative estimate of drug-likeness (QED) is 0.569. The van der Waals surface area contributed by atoms with Gasteiger partial charge < -0.3 is 14.0 Å². The van der Waals surface area contributed by atoms with Crippen LogP contribution in [0.25, 0.3) is 33.8 Å². The topological polar surface area (TPSA) is 89.4 Å². The molecule has 1 N–H and O–H groups in total. The van der Waals surface area contributed by atoms with E-state index in [1.165, 1.54) is 24.3 Å². The maximum Gasteiger partial charge on any atom is 0.349 e. The van der Waals surface area contributed by atoms with Crippen molar-refractivity contribution in [3.05, 3.63) is 64.8 Å². The van der Waals surface area contributed by atoms with E-state index in [2.05, 4.69) is 10.1 Å². The van der Waals surface area contributed by atoms with Crippen LogP contribution in [0.15, 0.2) is 62.3 Å². The molecule has 4 rings (SSSR count). The second-order valence-corrected chi connectivity index (χ2v) is 5.05. The van der Waals surface area contributed by atoms with Crippen molar-refractivity contribution in [2.75, 3.05) is 0 Å². The summed E-state index contributed by atoms with van der Waals surface area (Å²) in [4.78, 5) is 16.2. The molecule has 118 valence electrons. The third kappa shape index (κ3) is 2.23. The molecular formula is C17H9FN2O4. The van der Waals surface area contributed by atoms with Gasteiger partial charge in [0.05, 0.1) is 5.56 Å². The minimum Gasteiger partial charge on any atom is -0.504 e. The van der Waals surface area contributed by atoms with E-state index in [1.807, 2.05) is 0 Å². The minimum absolute atomic E-state index is 0.0264. The van der Waals surface area contributed by atoms with E-state index in [-0.39, 0.29) is 34.2 Å². The number of nitrogens with zero attached hydrogens (tertiary/aromatic N) is 2. The van der Waals surface area contributed by atoms with E-state index >= 15 is 0 Å². The number of phenolic OH excluding ortho intramolecular Hbond substituents is 1. The van der Waals surface area contributed by atoms with Crippen molar-refractivity contribution in [3.8, 4) is 28.6 Å². The Morgan fingerprint density at radius 3 is 2.71 bits per heavy atom. The Balaban J connectivity index is 1.86. The molecule has 0 aliphatic rings. The van der Waals surface area contributed by atoms with Gasteiger partial charge in [-0.25, -0.2) is 9.18 Å². The molecule has 6 nitrogen and oxygen atoms in total. The Bertz CT molecular complexity index is 1120. The molecule has 0 radical (unpaired) electrons. The molecule has 24 heavy (non-hydrogen) atoms. The molecule has 0 unspecified atom stereocenters. The zero-order valence-electron chi connectivity index (χ0n) is 12.1. The lowest BCUT2D eigenvalue weighted by molar-refractivity contribution is 0.427. The molecule has 7 heteroatoms. The number of hydrogen-bond acceptors (Lipinski definition) is 6. The van der Waals surface area contributed by atoms with E-state index in [0.717, 1.165) is 0 Å². The highest BCUT2D eigenvalue weighted by Crippen LogP contribution is 2.27. The Hall–Kier alpha value is -3.48. The molecule has 2 aromatic carbocycles. The summed E-state index contributed by atoms with van der Waals surface area (Å²) in [7, 11) is 0. The van der Waals surface area contributed by atoms with Gasteiger partial charge >= 0.3 is 5.63 Å². The van der Waals surface area contributed by atoms with E-state index in [0.29, 0.717) is 5.39 Å². The first kappa shape index (κ1) is 14.1. The molecule has 0 aliphatic heterocycles. The molecule has 0 fully saturated rings. The number of halogens is 1. The van der Waals surface area contributed by atoms with Crippen LogP contribution in [0.5, 0.6) is 5.75 Å². The SMILES string of the molecule is O=c1oc2c(O)cccc2cc1-c1nc(-c2ccccc2F)no1. The summed E-state index contributed by atoms with van der Waals surface area (Å²) < 4.78 is 24.0. The van der Waals surface area contributed by atoms with Gasteiger partial charge in [-0.05, 0) is 24.3 Å². The van der Waals surface area contributed by atoms with Crippen molar-refractivity contribution in [2.45, 2.75) is 0 Å². The number of aromatic nitrogens is 2. The molecule has 0 bridgehead atoms. The molecule has 0 atom stereocenters. The van der Waals surface area contributed by atoms with Crippen molar-refractivity contribution in [3.63, 3.8) is 0 Å². The third-order valence-electron chi connectivity index (χ3n) is 3.51. The van der Waals surface area contributed by atoms with Crippen LogP contribution in [-0.4, -0.2) is 15.2 Å². The van der Waals surface area contributed by atoms with Crippen LogP contribution in [0.2, 0.25) is 0 Å². The van der Waals surface area contributed by atoms with E-state index in [4.69, 9.17) is 8.94 Å². The van der Waals surface area contributed by atoms with Crippen LogP contribution < -0.4 is 5.63 Å². The maximum absolute atomic E-state index is 13.8. The number of benzene rings is 2. The summed E-state index contributed by atoms with van der Waals surface area (Å²) >= 11 is 0. The first-order valence-electron chi connectivity index (χ1n) is 6.98. The van der Waals surface area contributed by atoms with Crippen molar-refractivity contribution >= 4 is 11.0 Å². The normalized spacial score (nSPS) is 11.0. The molecule has 0 saturated heterocycles. The number of phenols is 1. The summed E-state index contributed by atoms with van der Waals surface area (Å²) in [6.07, 6.45) is 0. The first-order valence-corrected chi connectivity index (χ1v) is 6.98. The van der Waals surface area contributed by atoms with Gasteiger partial charge in [-0.2, -0.15) is 4.98 Å². The average molecular weight is 324 g/mol. The molecule has 0 spiro atoms. The van der Waals surface area contributed by atoms with E-state index < -0.39 is 11.4 Å². The zero-order valence-corrected chi connectivity index (χ0v) is 12.1. The largest absolute Gasteiger partial charge is 0.504 e. The zero-order chi connectivity index (χ0) is 16.7. The number of fused-ring (bicyclic) bond motifs is 1. The summed E-state index contributed by atoms with van der Waals surface area (Å²) in [5, 5.41) is 13.9. The van der Waals surface area contributed by atoms with Crippen LogP contribution in [0.4, 0.5) is 4.39 Å². The van der Waals surface area contributed by atoms with Gasteiger partial charge in [0, 0.05) is 5.39 Å². The summed E-state index contributed by atoms with van der Waals surface area (Å²) in [5.41, 5.74) is -0.480. The maximum atomic E-state index is 13.8. The monoisotopic (exact) mass is 324 g/mol. The summed E-state index contributed by atoms with van der Waals surface area (Å²) in [6.45, 7) is 0. The highest BCUT2D eigenvalue weighted by molar-refractivity contribution is 5.84. The molecule has 0 amide bonds. The van der Waals surface area contributed by atoms with Gasteiger partial charge in [-0.15, -0.1) is 0 Å². The molecule has 2 aromatic heterocycles. The average Bonchev–Trinajstić information content (AvgIpc) is 3.05. The fraction of sp³-hybridized carbons (Fsp3) is 0. The van der Waals surface area contributed by atoms with Crippen molar-refractivity contribution in [1.82, 2.24) is 10.1 Å². The number of aromatic hydroxyl groups is 1. The summed E-state index contributed by atoms with van der Waals surface area (Å²) in [6, 6.07) is 12.1. The highest BCUT2D eigenvalue weighted by atomic mass is 19.1. The smallest absolute Gasteiger partial charge is 0.349 e. The highest BCUT2D eigenvalue weighted by Gasteiger charge is 2.18. The lowest BCUT2D eigenvalue weighted by atomic mass is 10.1. The van der Waals surface area contributed by atoms with Crippen LogP contribution in [0.1, 0.15) is 0 Å². The number of para-hydroxylation sites is 1. The molecule has 2 heterocycles. The minimum atomic E-state index is -0.743. The van der Waals surface area contributed by atoms with Gasteiger partial charge in [0.1, 0.15) is 11.4 Å². The Labute approximate surface area is 133 Å². The molecule has 0 saturated carbocycles. The van der Waals surface area contributed by atoms with Crippen molar-refractivity contribution in [1.29, 1.82) is 0 Å². The van der Waals surface area contributed by atoms with Gasteiger partial charge in [-0.3, -0.25) is 0 Å². The van der Waals surface area contributed by atoms with Crippen molar-refractivity contribution < 1.29 is 18.4 Å². The fourth-order valence-corrected chi connectivity index (χ4v) is 2.36. The number of hydrogen-bond donors (Lipinski definition) is 1. The standard InChI is InChI=1S/C17H9FN2O4/c18-12-6-2-1-5-10(12)15-19-16(24-20-15)11-8-9-4-3-7-13(21)14(9)23-17(11)22/h1-8,21H. The van der Waals surface area contributed by atoms with Gasteiger partial charge in [0.2, 0.25) is 5.82 Å². The van der Waals surface area contributed by atoms with E-state index in [1.54, 1.807) is 24.3 Å². The van der Waals surface area contributed by atoms with Crippen LogP contribution in [-0.2, 0) is 0 Å². The van der Waals surface area contributed by atoms with Gasteiger partial charge in [0.15, 0.2) is 11.3 Å². The molecular weight excluding hydrogens is 315 g/mol. The Morgan fingerprint density at radius 1 is 1.04 bits per heavy atom.